The first-order valence-electron chi connectivity index (χ1n) is 8.30. The fourth-order valence-corrected chi connectivity index (χ4v) is 3.20. The summed E-state index contributed by atoms with van der Waals surface area (Å²) in [6, 6.07) is 10.8. The van der Waals surface area contributed by atoms with E-state index in [1.54, 1.807) is 39.5 Å². The third-order valence-corrected chi connectivity index (χ3v) is 4.82. The molecule has 1 aromatic heterocycles. The Kier molecular flexibility index (Phi) is 6.89. The number of thioether (sulfide) groups is 1. The molecule has 0 bridgehead atoms. The number of para-hydroxylation sites is 1. The highest BCUT2D eigenvalue weighted by atomic mass is 35.5. The Balaban J connectivity index is 1.64. The number of methoxy groups -OCH3 is 3. The van der Waals surface area contributed by atoms with E-state index in [4.69, 9.17) is 35.0 Å². The van der Waals surface area contributed by atoms with Gasteiger partial charge in [0.05, 0.1) is 33.0 Å². The van der Waals surface area contributed by atoms with Crippen LogP contribution in [0.4, 0.5) is 0 Å². The number of rotatable bonds is 9. The summed E-state index contributed by atoms with van der Waals surface area (Å²) in [6.45, 7) is 0.455. The lowest BCUT2D eigenvalue weighted by molar-refractivity contribution is 0.324. The molecule has 2 aromatic carbocycles. The van der Waals surface area contributed by atoms with Crippen LogP contribution in [0.3, 0.4) is 0 Å². The van der Waals surface area contributed by atoms with Gasteiger partial charge in [0.15, 0.2) is 11.5 Å². The molecule has 0 aliphatic heterocycles. The minimum absolute atomic E-state index is 0.355. The zero-order chi connectivity index (χ0) is 19.9. The fraction of sp³-hybridized carbons (Fsp3) is 0.263. The molecule has 3 aromatic rings. The van der Waals surface area contributed by atoms with Crippen LogP contribution in [0.2, 0.25) is 5.02 Å². The van der Waals surface area contributed by atoms with E-state index >= 15 is 0 Å². The molecule has 0 aliphatic rings. The highest BCUT2D eigenvalue weighted by molar-refractivity contribution is 7.99. The minimum Gasteiger partial charge on any atom is -0.493 e. The van der Waals surface area contributed by atoms with Crippen molar-refractivity contribution < 1.29 is 23.4 Å². The van der Waals surface area contributed by atoms with Crippen molar-refractivity contribution >= 4 is 23.4 Å². The molecule has 0 aliphatic carbocycles. The van der Waals surface area contributed by atoms with Gasteiger partial charge in [0.25, 0.3) is 5.22 Å². The molecule has 3 rings (SSSR count). The van der Waals surface area contributed by atoms with Crippen LogP contribution < -0.4 is 18.9 Å². The highest BCUT2D eigenvalue weighted by Crippen LogP contribution is 2.41. The summed E-state index contributed by atoms with van der Waals surface area (Å²) in [5, 5.41) is 9.17. The Hall–Kier alpha value is -2.58. The molecular formula is C19H19ClN2O5S. The second-order valence-corrected chi connectivity index (χ2v) is 6.87. The summed E-state index contributed by atoms with van der Waals surface area (Å²) in [5.41, 5.74) is 0.668. The van der Waals surface area contributed by atoms with E-state index in [1.165, 1.54) is 11.8 Å². The zero-order valence-electron chi connectivity index (χ0n) is 15.6. The number of hydrogen-bond donors (Lipinski definition) is 0. The van der Waals surface area contributed by atoms with Crippen LogP contribution in [0, 0.1) is 0 Å². The average molecular weight is 423 g/mol. The van der Waals surface area contributed by atoms with Crippen molar-refractivity contribution in [1.82, 2.24) is 10.2 Å². The lowest BCUT2D eigenvalue weighted by Gasteiger charge is -2.12. The summed E-state index contributed by atoms with van der Waals surface area (Å²) in [5.74, 6) is 3.15. The Morgan fingerprint density at radius 2 is 1.68 bits per heavy atom. The summed E-state index contributed by atoms with van der Waals surface area (Å²) in [6.07, 6.45) is 0. The summed E-state index contributed by atoms with van der Waals surface area (Å²) in [4.78, 5) is 0. The van der Waals surface area contributed by atoms with E-state index in [1.807, 2.05) is 18.2 Å². The van der Waals surface area contributed by atoms with Crippen molar-refractivity contribution in [3.63, 3.8) is 0 Å². The second kappa shape index (κ2) is 9.57. The Labute approximate surface area is 171 Å². The van der Waals surface area contributed by atoms with Crippen LogP contribution in [0.25, 0.3) is 11.5 Å². The van der Waals surface area contributed by atoms with Gasteiger partial charge in [-0.3, -0.25) is 0 Å². The van der Waals surface area contributed by atoms with Gasteiger partial charge in [-0.25, -0.2) is 0 Å². The lowest BCUT2D eigenvalue weighted by Crippen LogP contribution is -2.00. The van der Waals surface area contributed by atoms with Gasteiger partial charge in [-0.1, -0.05) is 35.5 Å². The van der Waals surface area contributed by atoms with Crippen LogP contribution in [0.1, 0.15) is 0 Å². The third-order valence-electron chi connectivity index (χ3n) is 3.72. The van der Waals surface area contributed by atoms with Crippen LogP contribution >= 0.6 is 23.4 Å². The van der Waals surface area contributed by atoms with Crippen molar-refractivity contribution in [2.45, 2.75) is 5.22 Å². The van der Waals surface area contributed by atoms with Crippen molar-refractivity contribution in [2.75, 3.05) is 33.7 Å². The minimum atomic E-state index is 0.355. The molecule has 28 heavy (non-hydrogen) atoms. The van der Waals surface area contributed by atoms with Gasteiger partial charge in [0.2, 0.25) is 11.6 Å². The topological polar surface area (TPSA) is 75.8 Å². The van der Waals surface area contributed by atoms with Crippen molar-refractivity contribution in [3.8, 4) is 34.5 Å². The van der Waals surface area contributed by atoms with E-state index in [9.17, 15) is 0 Å². The predicted molar refractivity (Wildman–Crippen MR) is 107 cm³/mol. The first-order valence-corrected chi connectivity index (χ1v) is 9.66. The standard InChI is InChI=1S/C19H19ClN2O5S/c1-23-15-10-12(11-16(24-2)17(15)25-3)18-21-22-19(27-18)28-9-8-26-14-7-5-4-6-13(14)20/h4-7,10-11H,8-9H2,1-3H3. The highest BCUT2D eigenvalue weighted by Gasteiger charge is 2.17. The van der Waals surface area contributed by atoms with Gasteiger partial charge in [-0.2, -0.15) is 0 Å². The first kappa shape index (κ1) is 20.2. The molecule has 0 atom stereocenters. The maximum Gasteiger partial charge on any atom is 0.276 e. The number of benzene rings is 2. The molecule has 0 saturated carbocycles. The first-order chi connectivity index (χ1) is 13.7. The lowest BCUT2D eigenvalue weighted by atomic mass is 10.2. The number of ether oxygens (including phenoxy) is 4. The molecule has 0 radical (unpaired) electrons. The number of halogens is 1. The fourth-order valence-electron chi connectivity index (χ4n) is 2.43. The molecule has 0 N–H and O–H groups in total. The molecule has 1 heterocycles. The molecule has 0 saturated heterocycles. The predicted octanol–water partition coefficient (Wildman–Crippen LogP) is 4.59. The summed E-state index contributed by atoms with van der Waals surface area (Å²) < 4.78 is 27.4. The van der Waals surface area contributed by atoms with Gasteiger partial charge in [0.1, 0.15) is 5.75 Å². The molecule has 0 fully saturated rings. The Morgan fingerprint density at radius 1 is 0.964 bits per heavy atom. The molecule has 0 spiro atoms. The maximum atomic E-state index is 6.06. The molecule has 0 amide bonds. The molecular weight excluding hydrogens is 404 g/mol. The summed E-state index contributed by atoms with van der Waals surface area (Å²) >= 11 is 7.45. The third kappa shape index (κ3) is 4.63. The molecule has 0 unspecified atom stereocenters. The van der Waals surface area contributed by atoms with Gasteiger partial charge < -0.3 is 23.4 Å². The van der Waals surface area contributed by atoms with E-state index in [0.717, 1.165) is 0 Å². The van der Waals surface area contributed by atoms with E-state index in [-0.39, 0.29) is 0 Å². The van der Waals surface area contributed by atoms with Gasteiger partial charge in [-0.15, -0.1) is 10.2 Å². The van der Waals surface area contributed by atoms with Crippen LogP contribution in [-0.2, 0) is 0 Å². The van der Waals surface area contributed by atoms with Crippen LogP contribution in [-0.4, -0.2) is 43.9 Å². The van der Waals surface area contributed by atoms with Crippen LogP contribution in [0.5, 0.6) is 23.0 Å². The van der Waals surface area contributed by atoms with Crippen molar-refractivity contribution in [2.24, 2.45) is 0 Å². The van der Waals surface area contributed by atoms with Gasteiger partial charge in [-0.05, 0) is 24.3 Å². The zero-order valence-corrected chi connectivity index (χ0v) is 17.2. The quantitative estimate of drug-likeness (QED) is 0.366. The van der Waals surface area contributed by atoms with Gasteiger partial charge in [0, 0.05) is 11.3 Å². The number of aromatic nitrogens is 2. The second-order valence-electron chi connectivity index (χ2n) is 5.41. The Bertz CT molecular complexity index is 909. The normalized spacial score (nSPS) is 10.6. The Morgan fingerprint density at radius 3 is 2.32 bits per heavy atom. The number of hydrogen-bond acceptors (Lipinski definition) is 8. The maximum absolute atomic E-state index is 6.06. The SMILES string of the molecule is COc1cc(-c2nnc(SCCOc3ccccc3Cl)o2)cc(OC)c1OC. The van der Waals surface area contributed by atoms with Crippen molar-refractivity contribution in [1.29, 1.82) is 0 Å². The summed E-state index contributed by atoms with van der Waals surface area (Å²) in [7, 11) is 4.65. The number of nitrogens with zero attached hydrogens (tertiary/aromatic N) is 2. The van der Waals surface area contributed by atoms with E-state index < -0.39 is 0 Å². The van der Waals surface area contributed by atoms with Gasteiger partial charge >= 0.3 is 0 Å². The molecule has 148 valence electrons. The van der Waals surface area contributed by atoms with Crippen molar-refractivity contribution in [3.05, 3.63) is 41.4 Å². The average Bonchev–Trinajstić information content (AvgIpc) is 3.20. The smallest absolute Gasteiger partial charge is 0.276 e. The molecule has 7 nitrogen and oxygen atoms in total. The monoisotopic (exact) mass is 422 g/mol. The largest absolute Gasteiger partial charge is 0.493 e. The van der Waals surface area contributed by atoms with E-state index in [2.05, 4.69) is 10.2 Å². The molecule has 9 heteroatoms. The van der Waals surface area contributed by atoms with Crippen LogP contribution in [0.15, 0.2) is 46.0 Å². The van der Waals surface area contributed by atoms with E-state index in [0.29, 0.717) is 57.1 Å².